The van der Waals surface area contributed by atoms with Crippen molar-refractivity contribution in [3.8, 4) is 22.9 Å². The number of ether oxygens (including phenoxy) is 2. The Bertz CT molecular complexity index is 1640. The van der Waals surface area contributed by atoms with Gasteiger partial charge in [-0.3, -0.25) is 9.13 Å². The van der Waals surface area contributed by atoms with E-state index in [1.54, 1.807) is 48.5 Å². The van der Waals surface area contributed by atoms with Crippen molar-refractivity contribution >= 4 is 47.3 Å². The zero-order valence-electron chi connectivity index (χ0n) is 22.3. The van der Waals surface area contributed by atoms with E-state index in [0.717, 1.165) is 35.5 Å². The fourth-order valence-corrected chi connectivity index (χ4v) is 5.60. The zero-order chi connectivity index (χ0) is 29.4. The second kappa shape index (κ2) is 14.0. The Balaban J connectivity index is 1.19. The molecule has 0 fully saturated rings. The Hall–Kier alpha value is -4.00. The van der Waals surface area contributed by atoms with Crippen LogP contribution in [0.15, 0.2) is 120 Å². The summed E-state index contributed by atoms with van der Waals surface area (Å²) in [5.74, 6) is 2.55. The highest BCUT2D eigenvalue weighted by atomic mass is 35.5. The molecule has 0 unspecified atom stereocenters. The van der Waals surface area contributed by atoms with E-state index >= 15 is 0 Å². The maximum Gasteiger partial charge on any atom is 0.224 e. The van der Waals surface area contributed by atoms with E-state index in [0.29, 0.717) is 43.5 Å². The lowest BCUT2D eigenvalue weighted by molar-refractivity contribution is 0.293. The molecule has 6 aromatic rings. The molecule has 0 aliphatic heterocycles. The van der Waals surface area contributed by atoms with Gasteiger partial charge in [0.1, 0.15) is 24.7 Å². The lowest BCUT2D eigenvalue weighted by Crippen LogP contribution is -2.07. The smallest absolute Gasteiger partial charge is 0.224 e. The predicted octanol–water partition coefficient (Wildman–Crippen LogP) is 8.04. The second-order valence-corrected chi connectivity index (χ2v) is 11.3. The van der Waals surface area contributed by atoms with E-state index in [-0.39, 0.29) is 13.2 Å². The summed E-state index contributed by atoms with van der Waals surface area (Å²) in [6, 6.07) is 33.8. The molecular formula is C30H22Cl2N6O3S2. The van der Waals surface area contributed by atoms with Crippen molar-refractivity contribution in [2.45, 2.75) is 23.5 Å². The van der Waals surface area contributed by atoms with E-state index in [4.69, 9.17) is 36.3 Å². The minimum Gasteiger partial charge on any atom is -0.486 e. The maximum atomic E-state index is 6.00. The molecule has 0 saturated heterocycles. The van der Waals surface area contributed by atoms with Gasteiger partial charge < -0.3 is 9.47 Å². The minimum absolute atomic E-state index is 0.191. The van der Waals surface area contributed by atoms with Crippen LogP contribution in [-0.2, 0) is 16.8 Å². The summed E-state index contributed by atoms with van der Waals surface area (Å²) in [5.41, 5.74) is 1.74. The minimum atomic E-state index is 0.191. The van der Waals surface area contributed by atoms with Crippen molar-refractivity contribution in [1.82, 2.24) is 29.5 Å². The lowest BCUT2D eigenvalue weighted by Gasteiger charge is -2.12. The number of hydrogen-bond acceptors (Lipinski definition) is 9. The Morgan fingerprint density at radius 2 is 0.907 bits per heavy atom. The second-order valence-electron chi connectivity index (χ2n) is 8.86. The van der Waals surface area contributed by atoms with Crippen molar-refractivity contribution in [3.05, 3.63) is 131 Å². The molecule has 0 aliphatic rings. The Kier molecular flexibility index (Phi) is 9.46. The topological polar surface area (TPSA) is 89.1 Å². The molecule has 0 bridgehead atoms. The lowest BCUT2D eigenvalue weighted by atomic mass is 10.3. The van der Waals surface area contributed by atoms with Gasteiger partial charge in [0.2, 0.25) is 10.3 Å². The third-order valence-corrected chi connectivity index (χ3v) is 7.88. The van der Waals surface area contributed by atoms with Crippen LogP contribution in [0.2, 0.25) is 10.0 Å². The molecule has 0 N–H and O–H groups in total. The molecule has 4 aromatic carbocycles. The maximum absolute atomic E-state index is 6.00. The van der Waals surface area contributed by atoms with Gasteiger partial charge in [0.15, 0.2) is 11.6 Å². The van der Waals surface area contributed by atoms with Crippen LogP contribution in [0.1, 0.15) is 11.6 Å². The number of para-hydroxylation sites is 2. The number of nitrogens with zero attached hydrogens (tertiary/aromatic N) is 6. The van der Waals surface area contributed by atoms with Gasteiger partial charge in [-0.1, -0.05) is 59.6 Å². The Morgan fingerprint density at radius 3 is 1.30 bits per heavy atom. The molecular weight excluding hydrogens is 627 g/mol. The van der Waals surface area contributed by atoms with Crippen molar-refractivity contribution in [3.63, 3.8) is 0 Å². The Labute approximate surface area is 266 Å². The summed E-state index contributed by atoms with van der Waals surface area (Å²) >= 11 is 14.1. The molecule has 216 valence electrons. The van der Waals surface area contributed by atoms with Crippen LogP contribution in [0.25, 0.3) is 11.4 Å². The SMILES string of the molecule is Clc1ccc(OCc2nnc(SOSc3nnc(COc4ccc(Cl)cc4)n3-c3ccccc3)n2-c2ccccc2)cc1. The highest BCUT2D eigenvalue weighted by molar-refractivity contribution is 8.07. The van der Waals surface area contributed by atoms with E-state index in [2.05, 4.69) is 20.4 Å². The fourth-order valence-electron chi connectivity index (χ4n) is 4.00. The monoisotopic (exact) mass is 648 g/mol. The average Bonchev–Trinajstić information content (AvgIpc) is 3.65. The third-order valence-electron chi connectivity index (χ3n) is 6.01. The highest BCUT2D eigenvalue weighted by Gasteiger charge is 2.19. The Morgan fingerprint density at radius 1 is 0.512 bits per heavy atom. The van der Waals surface area contributed by atoms with Crippen LogP contribution < -0.4 is 9.47 Å². The summed E-state index contributed by atoms with van der Waals surface area (Å²) in [7, 11) is 0. The third kappa shape index (κ3) is 7.32. The summed E-state index contributed by atoms with van der Waals surface area (Å²) in [6.45, 7) is 0.382. The molecule has 0 atom stereocenters. The number of hydrogen-bond donors (Lipinski definition) is 0. The van der Waals surface area contributed by atoms with Crippen molar-refractivity contribution in [2.75, 3.05) is 0 Å². The molecule has 13 heteroatoms. The molecule has 43 heavy (non-hydrogen) atoms. The molecule has 2 aromatic heterocycles. The van der Waals surface area contributed by atoms with Gasteiger partial charge in [-0.15, -0.1) is 20.4 Å². The molecule has 0 saturated carbocycles. The number of benzene rings is 4. The first-order chi connectivity index (χ1) is 21.1. The first-order valence-corrected chi connectivity index (χ1v) is 15.2. The zero-order valence-corrected chi connectivity index (χ0v) is 25.4. The van der Waals surface area contributed by atoms with E-state index in [1.807, 2.05) is 69.8 Å². The standard InChI is InChI=1S/C30H22Cl2N6O3S2/c31-21-11-15-25(16-12-21)39-19-27-33-35-29(37(27)23-7-3-1-4-8-23)42-41-43-30-36-34-28(38(30)24-9-5-2-6-10-24)20-40-26-17-13-22(32)14-18-26/h1-18H,19-20H2. The van der Waals surface area contributed by atoms with Crippen LogP contribution >= 0.6 is 47.3 Å². The van der Waals surface area contributed by atoms with E-state index < -0.39 is 0 Å². The largest absolute Gasteiger partial charge is 0.486 e. The first-order valence-electron chi connectivity index (χ1n) is 12.9. The number of rotatable bonds is 12. The van der Waals surface area contributed by atoms with Gasteiger partial charge in [-0.2, -0.15) is 0 Å². The van der Waals surface area contributed by atoms with Gasteiger partial charge in [0.25, 0.3) is 0 Å². The number of halogens is 2. The van der Waals surface area contributed by atoms with Crippen molar-refractivity contribution < 1.29 is 13.1 Å². The van der Waals surface area contributed by atoms with Crippen LogP contribution in [0, 0.1) is 0 Å². The molecule has 9 nitrogen and oxygen atoms in total. The summed E-state index contributed by atoms with van der Waals surface area (Å²) in [6.07, 6.45) is 0. The normalized spacial score (nSPS) is 11.0. The summed E-state index contributed by atoms with van der Waals surface area (Å²) in [4.78, 5) is 0. The predicted molar refractivity (Wildman–Crippen MR) is 167 cm³/mol. The van der Waals surface area contributed by atoms with Crippen LogP contribution in [0.5, 0.6) is 11.5 Å². The van der Waals surface area contributed by atoms with Gasteiger partial charge in [-0.05, 0) is 72.8 Å². The number of aromatic nitrogens is 6. The van der Waals surface area contributed by atoms with Crippen LogP contribution in [0.4, 0.5) is 0 Å². The van der Waals surface area contributed by atoms with Gasteiger partial charge in [-0.25, -0.2) is 3.63 Å². The van der Waals surface area contributed by atoms with Crippen LogP contribution in [0.3, 0.4) is 0 Å². The molecule has 0 aliphatic carbocycles. The van der Waals surface area contributed by atoms with Gasteiger partial charge in [0.05, 0.1) is 24.1 Å². The quantitative estimate of drug-likeness (QED) is 0.122. The first kappa shape index (κ1) is 29.1. The average molecular weight is 650 g/mol. The van der Waals surface area contributed by atoms with E-state index in [9.17, 15) is 0 Å². The summed E-state index contributed by atoms with van der Waals surface area (Å²) < 4.78 is 21.6. The fraction of sp³-hybridized carbons (Fsp3) is 0.0667. The van der Waals surface area contributed by atoms with Crippen molar-refractivity contribution in [1.29, 1.82) is 0 Å². The van der Waals surface area contributed by atoms with Crippen molar-refractivity contribution in [2.24, 2.45) is 0 Å². The molecule has 6 rings (SSSR count). The summed E-state index contributed by atoms with van der Waals surface area (Å²) in [5, 5.41) is 19.8. The molecule has 0 amide bonds. The van der Waals surface area contributed by atoms with Crippen LogP contribution in [-0.4, -0.2) is 29.5 Å². The van der Waals surface area contributed by atoms with Gasteiger partial charge >= 0.3 is 0 Å². The molecule has 2 heterocycles. The van der Waals surface area contributed by atoms with E-state index in [1.165, 1.54) is 0 Å². The van der Waals surface area contributed by atoms with Gasteiger partial charge in [0, 0.05) is 21.4 Å². The highest BCUT2D eigenvalue weighted by Crippen LogP contribution is 2.32. The molecule has 0 spiro atoms. The molecule has 0 radical (unpaired) electrons.